The normalized spacial score (nSPS) is 11.0. The van der Waals surface area contributed by atoms with Crippen molar-refractivity contribution in [1.29, 1.82) is 0 Å². The van der Waals surface area contributed by atoms with E-state index in [0.29, 0.717) is 22.8 Å². The summed E-state index contributed by atoms with van der Waals surface area (Å²) >= 11 is 7.32. The summed E-state index contributed by atoms with van der Waals surface area (Å²) in [6.07, 6.45) is 1.74. The van der Waals surface area contributed by atoms with E-state index in [0.717, 1.165) is 16.2 Å². The summed E-state index contributed by atoms with van der Waals surface area (Å²) in [6.45, 7) is 2.55. The van der Waals surface area contributed by atoms with Gasteiger partial charge in [0, 0.05) is 18.5 Å². The highest BCUT2D eigenvalue weighted by molar-refractivity contribution is 7.98. The van der Waals surface area contributed by atoms with Crippen LogP contribution in [0.15, 0.2) is 52.5 Å². The smallest absolute Gasteiger partial charge is 0.262 e. The molecule has 0 N–H and O–H groups in total. The minimum Gasteiger partial charge on any atom is -0.287 e. The molecule has 0 spiro atoms. The second-order valence-corrected chi connectivity index (χ2v) is 6.07. The molecule has 0 radical (unpaired) electrons. The highest BCUT2D eigenvalue weighted by atomic mass is 35.5. The van der Waals surface area contributed by atoms with Crippen LogP contribution in [-0.2, 0) is 12.3 Å². The first kappa shape index (κ1) is 15.1. The molecule has 4 nitrogen and oxygen atoms in total. The van der Waals surface area contributed by atoms with Gasteiger partial charge in [0.05, 0.1) is 10.9 Å². The summed E-state index contributed by atoms with van der Waals surface area (Å²) in [7, 11) is 0. The van der Waals surface area contributed by atoms with Crippen molar-refractivity contribution in [3.8, 4) is 0 Å². The fraction of sp³-hybridized carbons (Fsp3) is 0.188. The zero-order valence-corrected chi connectivity index (χ0v) is 13.6. The molecule has 0 saturated carbocycles. The number of benzene rings is 1. The van der Waals surface area contributed by atoms with E-state index in [4.69, 9.17) is 11.6 Å². The van der Waals surface area contributed by atoms with Crippen LogP contribution in [0.5, 0.6) is 0 Å². The van der Waals surface area contributed by atoms with Crippen LogP contribution < -0.4 is 5.56 Å². The average molecular weight is 332 g/mol. The molecule has 0 aliphatic heterocycles. The van der Waals surface area contributed by atoms with Crippen molar-refractivity contribution in [1.82, 2.24) is 14.5 Å². The van der Waals surface area contributed by atoms with Gasteiger partial charge in [-0.05, 0) is 30.7 Å². The largest absolute Gasteiger partial charge is 0.287 e. The monoisotopic (exact) mass is 331 g/mol. The fourth-order valence-electron chi connectivity index (χ4n) is 2.18. The quantitative estimate of drug-likeness (QED) is 0.415. The molecule has 0 bridgehead atoms. The Kier molecular flexibility index (Phi) is 4.45. The topological polar surface area (TPSA) is 47.8 Å². The molecule has 0 aliphatic carbocycles. The minimum atomic E-state index is 0.00447. The zero-order valence-electron chi connectivity index (χ0n) is 12.0. The molecule has 0 aliphatic rings. The van der Waals surface area contributed by atoms with Crippen LogP contribution in [0.4, 0.5) is 0 Å². The van der Waals surface area contributed by atoms with Crippen molar-refractivity contribution in [2.24, 2.45) is 0 Å². The number of hydrogen-bond donors (Lipinski definition) is 0. The summed E-state index contributed by atoms with van der Waals surface area (Å²) in [5.41, 5.74) is 1.78. The zero-order chi connectivity index (χ0) is 15.5. The van der Waals surface area contributed by atoms with Gasteiger partial charge in [-0.15, -0.1) is 0 Å². The Bertz CT molecular complexity index is 861. The van der Waals surface area contributed by atoms with Crippen molar-refractivity contribution in [3.05, 3.63) is 63.7 Å². The van der Waals surface area contributed by atoms with Crippen molar-refractivity contribution >= 4 is 34.3 Å². The molecule has 0 fully saturated rings. The summed E-state index contributed by atoms with van der Waals surface area (Å²) in [5.74, 6) is 0.689. The van der Waals surface area contributed by atoms with E-state index in [1.807, 2.05) is 37.3 Å². The lowest BCUT2D eigenvalue weighted by atomic mass is 10.2. The third-order valence-electron chi connectivity index (χ3n) is 3.30. The van der Waals surface area contributed by atoms with Crippen molar-refractivity contribution in [2.45, 2.75) is 24.4 Å². The second kappa shape index (κ2) is 6.50. The molecule has 0 unspecified atom stereocenters. The predicted octanol–water partition coefficient (Wildman–Crippen LogP) is 3.76. The first-order valence-corrected chi connectivity index (χ1v) is 8.28. The van der Waals surface area contributed by atoms with E-state index < -0.39 is 0 Å². The van der Waals surface area contributed by atoms with Gasteiger partial charge >= 0.3 is 0 Å². The van der Waals surface area contributed by atoms with E-state index in [1.165, 1.54) is 11.8 Å². The van der Waals surface area contributed by atoms with Crippen LogP contribution in [0, 0.1) is 0 Å². The lowest BCUT2D eigenvalue weighted by Crippen LogP contribution is -2.22. The molecule has 0 amide bonds. The minimum absolute atomic E-state index is 0.00447. The number of para-hydroxylation sites is 1. The van der Waals surface area contributed by atoms with Gasteiger partial charge in [-0.2, -0.15) is 0 Å². The van der Waals surface area contributed by atoms with Gasteiger partial charge in [0.25, 0.3) is 5.56 Å². The molecule has 3 rings (SSSR count). The Hall–Kier alpha value is -1.85. The Balaban J connectivity index is 1.95. The number of fused-ring (bicyclic) bond motifs is 1. The van der Waals surface area contributed by atoms with E-state index in [1.54, 1.807) is 16.8 Å². The number of aromatic nitrogens is 3. The van der Waals surface area contributed by atoms with Crippen LogP contribution in [-0.4, -0.2) is 14.5 Å². The van der Waals surface area contributed by atoms with Gasteiger partial charge in [-0.25, -0.2) is 9.97 Å². The highest BCUT2D eigenvalue weighted by Gasteiger charge is 2.10. The maximum atomic E-state index is 12.5. The molecule has 0 saturated heterocycles. The molecule has 22 heavy (non-hydrogen) atoms. The van der Waals surface area contributed by atoms with E-state index >= 15 is 0 Å². The van der Waals surface area contributed by atoms with Crippen LogP contribution in [0.25, 0.3) is 10.9 Å². The van der Waals surface area contributed by atoms with Crippen molar-refractivity contribution < 1.29 is 0 Å². The second-order valence-electron chi connectivity index (χ2n) is 4.74. The SMILES string of the molecule is CCn1c(SCc2ccc(Cl)nc2)nc2ccccc2c1=O. The van der Waals surface area contributed by atoms with Crippen LogP contribution >= 0.6 is 23.4 Å². The molecule has 2 aromatic heterocycles. The number of pyridine rings is 1. The number of thioether (sulfide) groups is 1. The Labute approximate surface area is 137 Å². The molecule has 1 aromatic carbocycles. The van der Waals surface area contributed by atoms with Gasteiger partial charge in [-0.3, -0.25) is 9.36 Å². The molecule has 2 heterocycles. The standard InChI is InChI=1S/C16H14ClN3OS/c1-2-20-15(21)12-5-3-4-6-13(12)19-16(20)22-10-11-7-8-14(17)18-9-11/h3-9H,2,10H2,1H3. The summed E-state index contributed by atoms with van der Waals surface area (Å²) < 4.78 is 1.70. The molecule has 0 atom stereocenters. The molecule has 6 heteroatoms. The predicted molar refractivity (Wildman–Crippen MR) is 90.5 cm³/mol. The Morgan fingerprint density at radius 1 is 1.23 bits per heavy atom. The van der Waals surface area contributed by atoms with Gasteiger partial charge in [-0.1, -0.05) is 41.6 Å². The van der Waals surface area contributed by atoms with Gasteiger partial charge in [0.15, 0.2) is 5.16 Å². The van der Waals surface area contributed by atoms with Crippen LogP contribution in [0.2, 0.25) is 5.15 Å². The first-order chi connectivity index (χ1) is 10.7. The molecular formula is C16H14ClN3OS. The number of rotatable bonds is 4. The Morgan fingerprint density at radius 2 is 2.05 bits per heavy atom. The molecule has 112 valence electrons. The highest BCUT2D eigenvalue weighted by Crippen LogP contribution is 2.22. The summed E-state index contributed by atoms with van der Waals surface area (Å²) in [6, 6.07) is 11.1. The van der Waals surface area contributed by atoms with Crippen molar-refractivity contribution in [3.63, 3.8) is 0 Å². The number of hydrogen-bond acceptors (Lipinski definition) is 4. The number of halogens is 1. The van der Waals surface area contributed by atoms with Crippen LogP contribution in [0.1, 0.15) is 12.5 Å². The number of nitrogens with zero attached hydrogens (tertiary/aromatic N) is 3. The fourth-order valence-corrected chi connectivity index (χ4v) is 3.29. The van der Waals surface area contributed by atoms with E-state index in [9.17, 15) is 4.79 Å². The first-order valence-electron chi connectivity index (χ1n) is 6.92. The third-order valence-corrected chi connectivity index (χ3v) is 4.57. The van der Waals surface area contributed by atoms with Gasteiger partial charge in [0.1, 0.15) is 5.15 Å². The van der Waals surface area contributed by atoms with E-state index in [2.05, 4.69) is 9.97 Å². The molecule has 3 aromatic rings. The lowest BCUT2D eigenvalue weighted by molar-refractivity contribution is 0.634. The maximum absolute atomic E-state index is 12.5. The molecular weight excluding hydrogens is 318 g/mol. The van der Waals surface area contributed by atoms with Crippen LogP contribution in [0.3, 0.4) is 0 Å². The third kappa shape index (κ3) is 3.00. The summed E-state index contributed by atoms with van der Waals surface area (Å²) in [5, 5.41) is 1.85. The van der Waals surface area contributed by atoms with Gasteiger partial charge < -0.3 is 0 Å². The summed E-state index contributed by atoms with van der Waals surface area (Å²) in [4.78, 5) is 21.2. The van der Waals surface area contributed by atoms with Gasteiger partial charge in [0.2, 0.25) is 0 Å². The average Bonchev–Trinajstić information content (AvgIpc) is 2.54. The maximum Gasteiger partial charge on any atom is 0.262 e. The lowest BCUT2D eigenvalue weighted by Gasteiger charge is -2.11. The van der Waals surface area contributed by atoms with Crippen molar-refractivity contribution in [2.75, 3.05) is 0 Å². The Morgan fingerprint density at radius 3 is 2.77 bits per heavy atom. The van der Waals surface area contributed by atoms with E-state index in [-0.39, 0.29) is 5.56 Å².